The standard InChI is InChI=1S/C8H10N2O2/c1-2-3-12-8-5-9-7(6-11)4-10-8/h4-6H,2-3H2,1H3. The molecule has 0 aromatic carbocycles. The second-order valence-electron chi connectivity index (χ2n) is 2.25. The van der Waals surface area contributed by atoms with E-state index >= 15 is 0 Å². The van der Waals surface area contributed by atoms with Crippen LogP contribution in [0, 0.1) is 0 Å². The topological polar surface area (TPSA) is 52.1 Å². The first kappa shape index (κ1) is 8.64. The van der Waals surface area contributed by atoms with E-state index in [9.17, 15) is 4.79 Å². The first-order valence-corrected chi connectivity index (χ1v) is 3.77. The van der Waals surface area contributed by atoms with Crippen molar-refractivity contribution in [2.24, 2.45) is 0 Å². The van der Waals surface area contributed by atoms with Crippen LogP contribution in [0.4, 0.5) is 0 Å². The number of nitrogens with zero attached hydrogens (tertiary/aromatic N) is 2. The minimum atomic E-state index is 0.318. The second kappa shape index (κ2) is 4.43. The molecule has 4 nitrogen and oxygen atoms in total. The molecular weight excluding hydrogens is 156 g/mol. The van der Waals surface area contributed by atoms with Crippen LogP contribution in [-0.4, -0.2) is 22.9 Å². The van der Waals surface area contributed by atoms with Crippen molar-refractivity contribution in [2.45, 2.75) is 13.3 Å². The molecular formula is C8H10N2O2. The quantitative estimate of drug-likeness (QED) is 0.628. The molecule has 0 aliphatic heterocycles. The van der Waals surface area contributed by atoms with Gasteiger partial charge in [0.15, 0.2) is 6.29 Å². The molecule has 0 radical (unpaired) electrons. The van der Waals surface area contributed by atoms with Crippen molar-refractivity contribution < 1.29 is 9.53 Å². The van der Waals surface area contributed by atoms with E-state index in [0.717, 1.165) is 6.42 Å². The number of carbonyl (C=O) groups excluding carboxylic acids is 1. The van der Waals surface area contributed by atoms with E-state index in [1.807, 2.05) is 6.92 Å². The Morgan fingerprint density at radius 2 is 2.33 bits per heavy atom. The van der Waals surface area contributed by atoms with Gasteiger partial charge in [0.2, 0.25) is 5.88 Å². The van der Waals surface area contributed by atoms with Crippen LogP contribution in [0.5, 0.6) is 5.88 Å². The van der Waals surface area contributed by atoms with Crippen LogP contribution in [0.1, 0.15) is 23.8 Å². The molecule has 0 saturated heterocycles. The van der Waals surface area contributed by atoms with Crippen molar-refractivity contribution >= 4 is 6.29 Å². The van der Waals surface area contributed by atoms with Gasteiger partial charge in [0.25, 0.3) is 0 Å². The average molecular weight is 166 g/mol. The zero-order valence-electron chi connectivity index (χ0n) is 6.86. The summed E-state index contributed by atoms with van der Waals surface area (Å²) in [5.41, 5.74) is 0.318. The lowest BCUT2D eigenvalue weighted by molar-refractivity contribution is 0.111. The predicted octanol–water partition coefficient (Wildman–Crippen LogP) is 1.08. The fourth-order valence-electron chi connectivity index (χ4n) is 0.668. The van der Waals surface area contributed by atoms with Gasteiger partial charge in [-0.15, -0.1) is 0 Å². The Hall–Kier alpha value is -1.45. The summed E-state index contributed by atoms with van der Waals surface area (Å²) < 4.78 is 5.17. The highest BCUT2D eigenvalue weighted by Crippen LogP contribution is 2.02. The molecule has 0 aliphatic rings. The number of hydrogen-bond donors (Lipinski definition) is 0. The lowest BCUT2D eigenvalue weighted by Gasteiger charge is -2.00. The zero-order chi connectivity index (χ0) is 8.81. The summed E-state index contributed by atoms with van der Waals surface area (Å²) in [6.45, 7) is 2.63. The van der Waals surface area contributed by atoms with Crippen LogP contribution in [0.25, 0.3) is 0 Å². The number of hydrogen-bond acceptors (Lipinski definition) is 4. The van der Waals surface area contributed by atoms with E-state index in [4.69, 9.17) is 4.74 Å². The fourth-order valence-corrected chi connectivity index (χ4v) is 0.668. The normalized spacial score (nSPS) is 9.42. The van der Waals surface area contributed by atoms with Crippen LogP contribution in [0.2, 0.25) is 0 Å². The largest absolute Gasteiger partial charge is 0.477 e. The Bertz CT molecular complexity index is 246. The predicted molar refractivity (Wildman–Crippen MR) is 43.2 cm³/mol. The van der Waals surface area contributed by atoms with E-state index in [0.29, 0.717) is 24.5 Å². The molecule has 0 spiro atoms. The molecule has 0 bridgehead atoms. The van der Waals surface area contributed by atoms with Gasteiger partial charge >= 0.3 is 0 Å². The third-order valence-electron chi connectivity index (χ3n) is 1.22. The molecule has 0 saturated carbocycles. The monoisotopic (exact) mass is 166 g/mol. The Morgan fingerprint density at radius 3 is 2.83 bits per heavy atom. The maximum absolute atomic E-state index is 10.2. The summed E-state index contributed by atoms with van der Waals surface area (Å²) in [4.78, 5) is 17.9. The molecule has 0 fully saturated rings. The number of ether oxygens (including phenoxy) is 1. The summed E-state index contributed by atoms with van der Waals surface area (Å²) in [6.07, 6.45) is 4.41. The SMILES string of the molecule is CCCOc1cnc(C=O)cn1. The molecule has 0 atom stereocenters. The minimum absolute atomic E-state index is 0.318. The van der Waals surface area contributed by atoms with E-state index < -0.39 is 0 Å². The van der Waals surface area contributed by atoms with Crippen molar-refractivity contribution in [2.75, 3.05) is 6.61 Å². The number of carbonyl (C=O) groups is 1. The summed E-state index contributed by atoms with van der Waals surface area (Å²) in [5, 5.41) is 0. The maximum atomic E-state index is 10.2. The molecule has 64 valence electrons. The number of rotatable bonds is 4. The summed E-state index contributed by atoms with van der Waals surface area (Å²) in [7, 11) is 0. The van der Waals surface area contributed by atoms with E-state index in [-0.39, 0.29) is 0 Å². The van der Waals surface area contributed by atoms with Crippen molar-refractivity contribution in [1.29, 1.82) is 0 Å². The van der Waals surface area contributed by atoms with Gasteiger partial charge in [-0.2, -0.15) is 0 Å². The Balaban J connectivity index is 2.58. The Labute approximate surface area is 70.6 Å². The molecule has 12 heavy (non-hydrogen) atoms. The molecule has 0 amide bonds. The molecule has 1 aromatic rings. The van der Waals surface area contributed by atoms with Crippen LogP contribution in [0.15, 0.2) is 12.4 Å². The molecule has 0 aliphatic carbocycles. The van der Waals surface area contributed by atoms with Crippen molar-refractivity contribution in [3.63, 3.8) is 0 Å². The van der Waals surface area contributed by atoms with Crippen LogP contribution < -0.4 is 4.74 Å². The molecule has 0 unspecified atom stereocenters. The zero-order valence-corrected chi connectivity index (χ0v) is 6.86. The van der Waals surface area contributed by atoms with Crippen LogP contribution >= 0.6 is 0 Å². The van der Waals surface area contributed by atoms with Gasteiger partial charge in [0, 0.05) is 0 Å². The summed E-state index contributed by atoms with van der Waals surface area (Å²) in [5.74, 6) is 0.461. The van der Waals surface area contributed by atoms with E-state index in [2.05, 4.69) is 9.97 Å². The van der Waals surface area contributed by atoms with Gasteiger partial charge in [0.05, 0.1) is 19.0 Å². The molecule has 1 heterocycles. The van der Waals surface area contributed by atoms with Crippen molar-refractivity contribution in [3.8, 4) is 5.88 Å². The van der Waals surface area contributed by atoms with Crippen LogP contribution in [0.3, 0.4) is 0 Å². The fraction of sp³-hybridized carbons (Fsp3) is 0.375. The Morgan fingerprint density at radius 1 is 1.50 bits per heavy atom. The van der Waals surface area contributed by atoms with Gasteiger partial charge < -0.3 is 4.74 Å². The molecule has 1 rings (SSSR count). The lowest BCUT2D eigenvalue weighted by Crippen LogP contribution is -1.98. The highest BCUT2D eigenvalue weighted by Gasteiger charge is 1.95. The maximum Gasteiger partial charge on any atom is 0.232 e. The second-order valence-corrected chi connectivity index (χ2v) is 2.25. The van der Waals surface area contributed by atoms with Crippen LogP contribution in [-0.2, 0) is 0 Å². The molecule has 0 N–H and O–H groups in total. The van der Waals surface area contributed by atoms with Gasteiger partial charge in [-0.25, -0.2) is 9.97 Å². The van der Waals surface area contributed by atoms with Gasteiger partial charge in [0.1, 0.15) is 5.69 Å². The molecule has 1 aromatic heterocycles. The first-order chi connectivity index (χ1) is 5.86. The highest BCUT2D eigenvalue weighted by molar-refractivity contribution is 5.70. The Kier molecular flexibility index (Phi) is 3.19. The third-order valence-corrected chi connectivity index (χ3v) is 1.22. The highest BCUT2D eigenvalue weighted by atomic mass is 16.5. The lowest BCUT2D eigenvalue weighted by atomic mass is 10.5. The minimum Gasteiger partial charge on any atom is -0.477 e. The number of aldehydes is 1. The van der Waals surface area contributed by atoms with E-state index in [1.165, 1.54) is 12.4 Å². The van der Waals surface area contributed by atoms with E-state index in [1.54, 1.807) is 0 Å². The first-order valence-electron chi connectivity index (χ1n) is 3.77. The van der Waals surface area contributed by atoms with Gasteiger partial charge in [-0.1, -0.05) is 6.92 Å². The average Bonchev–Trinajstić information content (AvgIpc) is 2.15. The van der Waals surface area contributed by atoms with Crippen molar-refractivity contribution in [3.05, 3.63) is 18.1 Å². The molecule has 4 heteroatoms. The van der Waals surface area contributed by atoms with Gasteiger partial charge in [-0.3, -0.25) is 4.79 Å². The smallest absolute Gasteiger partial charge is 0.232 e. The van der Waals surface area contributed by atoms with Crippen molar-refractivity contribution in [1.82, 2.24) is 9.97 Å². The third kappa shape index (κ3) is 2.30. The number of aromatic nitrogens is 2. The van der Waals surface area contributed by atoms with Gasteiger partial charge in [-0.05, 0) is 6.42 Å². The summed E-state index contributed by atoms with van der Waals surface area (Å²) in [6, 6.07) is 0. The summed E-state index contributed by atoms with van der Waals surface area (Å²) >= 11 is 0.